The first-order chi connectivity index (χ1) is 11.6. The van der Waals surface area contributed by atoms with E-state index in [9.17, 15) is 9.59 Å². The van der Waals surface area contributed by atoms with E-state index < -0.39 is 5.97 Å². The zero-order valence-electron chi connectivity index (χ0n) is 13.7. The molecule has 0 aromatic carbocycles. The van der Waals surface area contributed by atoms with Gasteiger partial charge in [-0.05, 0) is 32.1 Å². The molecule has 0 saturated heterocycles. The Bertz CT molecular complexity index is 714. The van der Waals surface area contributed by atoms with Crippen LogP contribution in [0.15, 0.2) is 10.9 Å². The molecule has 1 aliphatic heterocycles. The first-order valence-corrected chi connectivity index (χ1v) is 8.66. The van der Waals surface area contributed by atoms with Gasteiger partial charge < -0.3 is 19.9 Å². The van der Waals surface area contributed by atoms with Gasteiger partial charge in [-0.2, -0.15) is 0 Å². The van der Waals surface area contributed by atoms with Crippen LogP contribution in [0.25, 0.3) is 6.08 Å². The third kappa shape index (κ3) is 3.49. The molecular formula is C17H22ClN3O3. The molecule has 1 aliphatic carbocycles. The van der Waals surface area contributed by atoms with Crippen LogP contribution in [-0.2, 0) is 21.9 Å². The number of hydrogen-bond acceptors (Lipinski definition) is 5. The van der Waals surface area contributed by atoms with E-state index in [1.165, 1.54) is 0 Å². The number of H-pyrrole nitrogens is 1. The minimum Gasteiger partial charge on any atom is -0.384 e. The van der Waals surface area contributed by atoms with E-state index in [1.807, 2.05) is 0 Å². The van der Waals surface area contributed by atoms with Crippen LogP contribution in [0.3, 0.4) is 0 Å². The summed E-state index contributed by atoms with van der Waals surface area (Å²) in [6.45, 7) is 3.49. The van der Waals surface area contributed by atoms with Crippen LogP contribution in [0.5, 0.6) is 0 Å². The Morgan fingerprint density at radius 1 is 1.54 bits per heavy atom. The predicted octanol–water partition coefficient (Wildman–Crippen LogP) is 1.98. The highest BCUT2D eigenvalue weighted by Crippen LogP contribution is 2.31. The summed E-state index contributed by atoms with van der Waals surface area (Å²) in [6.07, 6.45) is 7.10. The predicted molar refractivity (Wildman–Crippen MR) is 94.1 cm³/mol. The van der Waals surface area contributed by atoms with Crippen molar-refractivity contribution < 1.29 is 9.08 Å². The van der Waals surface area contributed by atoms with E-state index >= 15 is 0 Å². The summed E-state index contributed by atoms with van der Waals surface area (Å²) in [5.41, 5.74) is 3.98. The highest BCUT2D eigenvalue weighted by molar-refractivity contribution is 6.13. The number of halogens is 1. The number of hydrogen-bond donors (Lipinski definition) is 3. The monoisotopic (exact) mass is 351 g/mol. The third-order valence-electron chi connectivity index (χ3n) is 4.81. The second-order valence-corrected chi connectivity index (χ2v) is 6.55. The molecule has 0 fully saturated rings. The molecule has 0 radical (unpaired) electrons. The minimum absolute atomic E-state index is 0.0236. The number of nitrogens with one attached hydrogen (secondary N) is 3. The molecular weight excluding hydrogens is 330 g/mol. The van der Waals surface area contributed by atoms with Crippen molar-refractivity contribution in [2.24, 2.45) is 5.92 Å². The third-order valence-corrected chi connectivity index (χ3v) is 4.99. The summed E-state index contributed by atoms with van der Waals surface area (Å²) >= 11 is 5.02. The number of carbonyl (C=O) groups excluding carboxylic acids is 1. The molecule has 0 amide bonds. The molecule has 7 heteroatoms. The quantitative estimate of drug-likeness (QED) is 0.755. The van der Waals surface area contributed by atoms with Gasteiger partial charge in [-0.3, -0.25) is 9.59 Å². The Morgan fingerprint density at radius 2 is 2.38 bits per heavy atom. The maximum Gasteiger partial charge on any atom is 0.326 e. The first kappa shape index (κ1) is 17.0. The molecule has 1 aromatic heterocycles. The van der Waals surface area contributed by atoms with E-state index in [0.717, 1.165) is 48.3 Å². The zero-order valence-corrected chi connectivity index (χ0v) is 14.4. The summed E-state index contributed by atoms with van der Waals surface area (Å²) in [5.74, 6) is -0.190. The fourth-order valence-electron chi connectivity index (χ4n) is 3.43. The number of carbonyl (C=O) groups is 1. The standard InChI is InChI=1S/C17H22ClN3O3/c1-10(19-8-6-15(22)24-18)11-4-5-12-14(9-11)21-17(23)13-3-2-7-20-16(12)13/h4-5,10-11,19-20H,2-3,6-9H2,1H3,(H,21,23). The van der Waals surface area contributed by atoms with Crippen LogP contribution in [0, 0.1) is 5.92 Å². The summed E-state index contributed by atoms with van der Waals surface area (Å²) < 4.78 is 4.12. The molecule has 2 heterocycles. The van der Waals surface area contributed by atoms with E-state index in [-0.39, 0.29) is 23.9 Å². The van der Waals surface area contributed by atoms with E-state index in [0.29, 0.717) is 6.54 Å². The summed E-state index contributed by atoms with van der Waals surface area (Å²) in [7, 11) is 0. The van der Waals surface area contributed by atoms with Gasteiger partial charge in [0.1, 0.15) is 11.9 Å². The van der Waals surface area contributed by atoms with Crippen LogP contribution < -0.4 is 16.2 Å². The normalized spacial score (nSPS) is 19.8. The number of anilines is 1. The fourth-order valence-corrected chi connectivity index (χ4v) is 3.51. The molecule has 2 aliphatic rings. The number of aromatic nitrogens is 1. The Morgan fingerprint density at radius 3 is 3.17 bits per heavy atom. The summed E-state index contributed by atoms with van der Waals surface area (Å²) in [4.78, 5) is 26.4. The largest absolute Gasteiger partial charge is 0.384 e. The Balaban J connectivity index is 1.71. The zero-order chi connectivity index (χ0) is 17.1. The molecule has 0 spiro atoms. The Hall–Kier alpha value is -1.79. The van der Waals surface area contributed by atoms with Crippen molar-refractivity contribution in [3.8, 4) is 0 Å². The van der Waals surface area contributed by atoms with Crippen molar-refractivity contribution in [3.05, 3.63) is 33.3 Å². The lowest BCUT2D eigenvalue weighted by atomic mass is 9.86. The lowest BCUT2D eigenvalue weighted by molar-refractivity contribution is -0.133. The van der Waals surface area contributed by atoms with Gasteiger partial charge in [-0.1, -0.05) is 12.2 Å². The average Bonchev–Trinajstić information content (AvgIpc) is 2.61. The van der Waals surface area contributed by atoms with Crippen LogP contribution in [0.1, 0.15) is 36.6 Å². The Labute approximate surface area is 145 Å². The lowest BCUT2D eigenvalue weighted by Crippen LogP contribution is -2.37. The minimum atomic E-state index is -0.442. The van der Waals surface area contributed by atoms with Gasteiger partial charge in [0.15, 0.2) is 0 Å². The number of rotatable bonds is 5. The summed E-state index contributed by atoms with van der Waals surface area (Å²) in [6, 6.07) is 0.171. The topological polar surface area (TPSA) is 83.2 Å². The molecule has 0 bridgehead atoms. The van der Waals surface area contributed by atoms with E-state index in [2.05, 4.69) is 39.0 Å². The van der Waals surface area contributed by atoms with Crippen LogP contribution in [0.4, 0.5) is 5.69 Å². The Kier molecular flexibility index (Phi) is 5.26. The van der Waals surface area contributed by atoms with Crippen LogP contribution in [-0.4, -0.2) is 30.1 Å². The van der Waals surface area contributed by atoms with Crippen molar-refractivity contribution in [1.82, 2.24) is 10.3 Å². The van der Waals surface area contributed by atoms with Gasteiger partial charge in [0.25, 0.3) is 5.56 Å². The second kappa shape index (κ2) is 7.40. The molecule has 1 aromatic rings. The average molecular weight is 352 g/mol. The van der Waals surface area contributed by atoms with Crippen molar-refractivity contribution in [1.29, 1.82) is 0 Å². The highest BCUT2D eigenvalue weighted by Gasteiger charge is 2.25. The van der Waals surface area contributed by atoms with Crippen molar-refractivity contribution >= 4 is 29.6 Å². The van der Waals surface area contributed by atoms with E-state index in [4.69, 9.17) is 11.9 Å². The van der Waals surface area contributed by atoms with Crippen molar-refractivity contribution in [2.75, 3.05) is 18.4 Å². The van der Waals surface area contributed by atoms with Gasteiger partial charge in [0.05, 0.1) is 12.1 Å². The van der Waals surface area contributed by atoms with Gasteiger partial charge in [0.2, 0.25) is 0 Å². The van der Waals surface area contributed by atoms with Gasteiger partial charge in [-0.15, -0.1) is 0 Å². The van der Waals surface area contributed by atoms with Gasteiger partial charge >= 0.3 is 5.97 Å². The number of fused-ring (bicyclic) bond motifs is 3. The van der Waals surface area contributed by atoms with Crippen LogP contribution >= 0.6 is 11.9 Å². The molecule has 2 atom stereocenters. The maximum atomic E-state index is 12.3. The van der Waals surface area contributed by atoms with Gasteiger partial charge in [-0.25, -0.2) is 0 Å². The number of pyridine rings is 1. The van der Waals surface area contributed by atoms with Crippen molar-refractivity contribution in [2.45, 2.75) is 38.6 Å². The van der Waals surface area contributed by atoms with Crippen molar-refractivity contribution in [3.63, 3.8) is 0 Å². The molecule has 3 N–H and O–H groups in total. The second-order valence-electron chi connectivity index (χ2n) is 6.40. The lowest BCUT2D eigenvalue weighted by Gasteiger charge is -2.28. The van der Waals surface area contributed by atoms with Gasteiger partial charge in [0, 0.05) is 36.0 Å². The summed E-state index contributed by atoms with van der Waals surface area (Å²) in [5, 5.41) is 6.69. The maximum absolute atomic E-state index is 12.3. The molecule has 24 heavy (non-hydrogen) atoms. The first-order valence-electron chi connectivity index (χ1n) is 8.35. The molecule has 0 saturated carbocycles. The molecule has 2 unspecified atom stereocenters. The van der Waals surface area contributed by atoms with Crippen LogP contribution in [0.2, 0.25) is 0 Å². The molecule has 3 rings (SSSR count). The smallest absolute Gasteiger partial charge is 0.326 e. The van der Waals surface area contributed by atoms with E-state index in [1.54, 1.807) is 0 Å². The highest BCUT2D eigenvalue weighted by atomic mass is 35.5. The SMILES string of the molecule is CC(NCCC(=O)OCl)C1C=Cc2c([nH]c(=O)c3c2NCCC3)C1. The molecule has 6 nitrogen and oxygen atoms in total. The molecule has 130 valence electrons. The number of aromatic amines is 1. The fraction of sp³-hybridized carbons (Fsp3) is 0.529.